The first-order chi connectivity index (χ1) is 8.70. The fraction of sp³-hybridized carbons (Fsp3) is 0.462. The Hall–Kier alpha value is -1.10. The Balaban J connectivity index is 2.02. The molecule has 2 N–H and O–H groups in total. The molecule has 1 aromatic carbocycles. The van der Waals surface area contributed by atoms with Gasteiger partial charge in [-0.15, -0.1) is 0 Å². The van der Waals surface area contributed by atoms with Crippen LogP contribution in [0.25, 0.3) is 0 Å². The normalized spacial score (nSPS) is 19.9. The lowest BCUT2D eigenvalue weighted by atomic mass is 10.1. The molecule has 98 valence electrons. The number of ether oxygens (including phenoxy) is 1. The van der Waals surface area contributed by atoms with Gasteiger partial charge >= 0.3 is 0 Å². The van der Waals surface area contributed by atoms with Crippen LogP contribution in [0.15, 0.2) is 24.3 Å². The molecule has 0 aromatic heterocycles. The van der Waals surface area contributed by atoms with Crippen LogP contribution in [-0.4, -0.2) is 37.0 Å². The minimum atomic E-state index is -0.0715. The lowest BCUT2D eigenvalue weighted by molar-refractivity contribution is -0.138. The first-order valence-corrected chi connectivity index (χ1v) is 6.43. The SMILES string of the molecule is NCCC(=O)N1CCOC(c2ccc(Cl)cc2)C1. The first kappa shape index (κ1) is 13.3. The molecule has 1 saturated heterocycles. The zero-order chi connectivity index (χ0) is 13.0. The van der Waals surface area contributed by atoms with Crippen molar-refractivity contribution in [1.82, 2.24) is 4.90 Å². The van der Waals surface area contributed by atoms with Crippen LogP contribution in [0.3, 0.4) is 0 Å². The van der Waals surface area contributed by atoms with Gasteiger partial charge in [-0.2, -0.15) is 0 Å². The molecule has 1 aromatic rings. The molecule has 0 bridgehead atoms. The van der Waals surface area contributed by atoms with Gasteiger partial charge in [0.25, 0.3) is 0 Å². The fourth-order valence-corrected chi connectivity index (χ4v) is 2.16. The minimum absolute atomic E-state index is 0.0715. The zero-order valence-corrected chi connectivity index (χ0v) is 10.9. The predicted molar refractivity (Wildman–Crippen MR) is 70.4 cm³/mol. The van der Waals surface area contributed by atoms with Crippen LogP contribution in [0.1, 0.15) is 18.1 Å². The highest BCUT2D eigenvalue weighted by atomic mass is 35.5. The van der Waals surface area contributed by atoms with Crippen LogP contribution in [0.4, 0.5) is 0 Å². The summed E-state index contributed by atoms with van der Waals surface area (Å²) in [5, 5.41) is 0.700. The number of halogens is 1. The van der Waals surface area contributed by atoms with Gasteiger partial charge in [-0.05, 0) is 17.7 Å². The Kier molecular flexibility index (Phi) is 4.58. The molecule has 5 heteroatoms. The van der Waals surface area contributed by atoms with Crippen molar-refractivity contribution >= 4 is 17.5 Å². The average Bonchev–Trinajstić information content (AvgIpc) is 2.40. The third kappa shape index (κ3) is 3.22. The van der Waals surface area contributed by atoms with Crippen LogP contribution < -0.4 is 5.73 Å². The summed E-state index contributed by atoms with van der Waals surface area (Å²) in [5.74, 6) is 0.0970. The van der Waals surface area contributed by atoms with E-state index in [0.29, 0.717) is 37.7 Å². The Morgan fingerprint density at radius 2 is 2.17 bits per heavy atom. The lowest BCUT2D eigenvalue weighted by Crippen LogP contribution is -2.42. The van der Waals surface area contributed by atoms with Crippen LogP contribution in [-0.2, 0) is 9.53 Å². The second kappa shape index (κ2) is 6.18. The Morgan fingerprint density at radius 3 is 2.83 bits per heavy atom. The molecule has 0 spiro atoms. The van der Waals surface area contributed by atoms with Gasteiger partial charge < -0.3 is 15.4 Å². The predicted octanol–water partition coefficient (Wildman–Crippen LogP) is 1.59. The van der Waals surface area contributed by atoms with Crippen LogP contribution in [0.2, 0.25) is 5.02 Å². The lowest BCUT2D eigenvalue weighted by Gasteiger charge is -2.33. The topological polar surface area (TPSA) is 55.6 Å². The highest BCUT2D eigenvalue weighted by Gasteiger charge is 2.24. The van der Waals surface area contributed by atoms with Crippen molar-refractivity contribution in [2.24, 2.45) is 5.73 Å². The summed E-state index contributed by atoms with van der Waals surface area (Å²) in [6.45, 7) is 2.18. The fourth-order valence-electron chi connectivity index (χ4n) is 2.04. The van der Waals surface area contributed by atoms with Gasteiger partial charge in [-0.1, -0.05) is 23.7 Å². The summed E-state index contributed by atoms with van der Waals surface area (Å²) in [7, 11) is 0. The second-order valence-corrected chi connectivity index (χ2v) is 4.73. The highest BCUT2D eigenvalue weighted by Crippen LogP contribution is 2.23. The Labute approximate surface area is 112 Å². The van der Waals surface area contributed by atoms with E-state index in [4.69, 9.17) is 22.1 Å². The molecule has 1 amide bonds. The van der Waals surface area contributed by atoms with Crippen molar-refractivity contribution in [1.29, 1.82) is 0 Å². The highest BCUT2D eigenvalue weighted by molar-refractivity contribution is 6.30. The van der Waals surface area contributed by atoms with Gasteiger partial charge in [-0.3, -0.25) is 4.79 Å². The molecule has 0 radical (unpaired) electrons. The van der Waals surface area contributed by atoms with E-state index in [9.17, 15) is 4.79 Å². The van der Waals surface area contributed by atoms with E-state index in [0.717, 1.165) is 5.56 Å². The number of hydrogen-bond donors (Lipinski definition) is 1. The molecular formula is C13H17ClN2O2. The van der Waals surface area contributed by atoms with Gasteiger partial charge in [0.15, 0.2) is 0 Å². The smallest absolute Gasteiger partial charge is 0.224 e. The summed E-state index contributed by atoms with van der Waals surface area (Å²) in [6.07, 6.45) is 0.325. The Bertz CT molecular complexity index is 408. The molecule has 0 aliphatic carbocycles. The Morgan fingerprint density at radius 1 is 1.44 bits per heavy atom. The summed E-state index contributed by atoms with van der Waals surface area (Å²) < 4.78 is 5.69. The van der Waals surface area contributed by atoms with E-state index < -0.39 is 0 Å². The second-order valence-electron chi connectivity index (χ2n) is 4.29. The maximum atomic E-state index is 11.8. The monoisotopic (exact) mass is 268 g/mol. The van der Waals surface area contributed by atoms with Crippen molar-refractivity contribution in [2.75, 3.05) is 26.2 Å². The number of rotatable bonds is 3. The molecule has 18 heavy (non-hydrogen) atoms. The number of carbonyl (C=O) groups excluding carboxylic acids is 1. The average molecular weight is 269 g/mol. The maximum Gasteiger partial charge on any atom is 0.224 e. The molecule has 0 saturated carbocycles. The van der Waals surface area contributed by atoms with Gasteiger partial charge in [0.05, 0.1) is 13.2 Å². The number of nitrogens with zero attached hydrogens (tertiary/aromatic N) is 1. The van der Waals surface area contributed by atoms with Crippen molar-refractivity contribution in [3.8, 4) is 0 Å². The van der Waals surface area contributed by atoms with Crippen molar-refractivity contribution in [3.63, 3.8) is 0 Å². The number of hydrogen-bond acceptors (Lipinski definition) is 3. The van der Waals surface area contributed by atoms with Crippen LogP contribution >= 0.6 is 11.6 Å². The summed E-state index contributed by atoms with van der Waals surface area (Å²) in [4.78, 5) is 13.6. The van der Waals surface area contributed by atoms with Gasteiger partial charge in [0, 0.05) is 24.5 Å². The van der Waals surface area contributed by atoms with E-state index >= 15 is 0 Å². The number of morpholine rings is 1. The van der Waals surface area contributed by atoms with E-state index in [-0.39, 0.29) is 12.0 Å². The molecule has 2 rings (SSSR count). The van der Waals surface area contributed by atoms with E-state index in [1.165, 1.54) is 0 Å². The van der Waals surface area contributed by atoms with Crippen LogP contribution in [0, 0.1) is 0 Å². The molecule has 1 aliphatic rings. The standard InChI is InChI=1S/C13H17ClN2O2/c14-11-3-1-10(2-4-11)12-9-16(7-8-18-12)13(17)5-6-15/h1-4,12H,5-9,15H2. The molecule has 1 atom stereocenters. The summed E-state index contributed by atoms with van der Waals surface area (Å²) >= 11 is 5.85. The van der Waals surface area contributed by atoms with Gasteiger partial charge in [-0.25, -0.2) is 0 Å². The summed E-state index contributed by atoms with van der Waals surface area (Å²) in [5.41, 5.74) is 6.45. The van der Waals surface area contributed by atoms with Crippen molar-refractivity contribution in [3.05, 3.63) is 34.9 Å². The number of benzene rings is 1. The van der Waals surface area contributed by atoms with Crippen molar-refractivity contribution < 1.29 is 9.53 Å². The van der Waals surface area contributed by atoms with Crippen LogP contribution in [0.5, 0.6) is 0 Å². The molecule has 1 unspecified atom stereocenters. The van der Waals surface area contributed by atoms with Gasteiger partial charge in [0.1, 0.15) is 6.10 Å². The zero-order valence-electron chi connectivity index (χ0n) is 10.1. The van der Waals surface area contributed by atoms with Gasteiger partial charge in [0.2, 0.25) is 5.91 Å². The quantitative estimate of drug-likeness (QED) is 0.906. The van der Waals surface area contributed by atoms with E-state index in [1.54, 1.807) is 0 Å². The molecule has 4 nitrogen and oxygen atoms in total. The van der Waals surface area contributed by atoms with Crippen molar-refractivity contribution in [2.45, 2.75) is 12.5 Å². The minimum Gasteiger partial charge on any atom is -0.370 e. The number of nitrogens with two attached hydrogens (primary N) is 1. The number of carbonyl (C=O) groups is 1. The molecule has 1 heterocycles. The maximum absolute atomic E-state index is 11.8. The molecule has 1 aliphatic heterocycles. The van der Waals surface area contributed by atoms with E-state index in [1.807, 2.05) is 29.2 Å². The first-order valence-electron chi connectivity index (χ1n) is 6.05. The number of amides is 1. The summed E-state index contributed by atoms with van der Waals surface area (Å²) in [6, 6.07) is 7.54. The third-order valence-corrected chi connectivity index (χ3v) is 3.27. The van der Waals surface area contributed by atoms with E-state index in [2.05, 4.69) is 0 Å². The molecule has 1 fully saturated rings. The third-order valence-electron chi connectivity index (χ3n) is 3.02. The molecular weight excluding hydrogens is 252 g/mol. The largest absolute Gasteiger partial charge is 0.370 e.